The van der Waals surface area contributed by atoms with Crippen LogP contribution in [0, 0.1) is 0 Å². The maximum atomic E-state index is 12.3. The van der Waals surface area contributed by atoms with Crippen LogP contribution < -0.4 is 10.1 Å². The Balaban J connectivity index is 1.51. The van der Waals surface area contributed by atoms with Gasteiger partial charge in [-0.2, -0.15) is 0 Å². The highest BCUT2D eigenvalue weighted by Crippen LogP contribution is 2.23. The Morgan fingerprint density at radius 1 is 1.26 bits per heavy atom. The lowest BCUT2D eigenvalue weighted by atomic mass is 10.0. The summed E-state index contributed by atoms with van der Waals surface area (Å²) in [6.45, 7) is 2.25. The molecule has 0 aliphatic rings. The van der Waals surface area contributed by atoms with E-state index >= 15 is 0 Å². The molecule has 8 heteroatoms. The molecule has 1 aromatic heterocycles. The fourth-order valence-corrected chi connectivity index (χ4v) is 3.92. The summed E-state index contributed by atoms with van der Waals surface area (Å²) in [5.74, 6) is 1.35. The molecule has 0 saturated heterocycles. The number of carbonyl (C=O) groups excluding carboxylic acids is 1. The Morgan fingerprint density at radius 3 is 2.74 bits per heavy atom. The molecule has 2 aromatic carbocycles. The molecule has 6 nitrogen and oxygen atoms in total. The zero-order valence-electron chi connectivity index (χ0n) is 17.3. The van der Waals surface area contributed by atoms with Crippen molar-refractivity contribution in [3.8, 4) is 5.75 Å². The topological polar surface area (TPSA) is 87.2 Å². The third-order valence-corrected chi connectivity index (χ3v) is 5.99. The maximum absolute atomic E-state index is 12.3. The molecule has 0 bridgehead atoms. The van der Waals surface area contributed by atoms with Gasteiger partial charge in [0, 0.05) is 15.7 Å². The van der Waals surface area contributed by atoms with E-state index in [-0.39, 0.29) is 11.9 Å². The Kier molecular flexibility index (Phi) is 8.82. The highest BCUT2D eigenvalue weighted by Gasteiger charge is 2.20. The van der Waals surface area contributed by atoms with Crippen molar-refractivity contribution in [3.63, 3.8) is 0 Å². The number of thioether (sulfide) groups is 1. The van der Waals surface area contributed by atoms with E-state index in [4.69, 9.17) is 16.3 Å². The zero-order chi connectivity index (χ0) is 22.1. The summed E-state index contributed by atoms with van der Waals surface area (Å²) in [4.78, 5) is 20.1. The van der Waals surface area contributed by atoms with E-state index in [9.17, 15) is 9.90 Å². The minimum atomic E-state index is -0.685. The van der Waals surface area contributed by atoms with E-state index in [0.717, 1.165) is 27.0 Å². The molecular formula is C23H26ClN3O3S. The van der Waals surface area contributed by atoms with Gasteiger partial charge in [0.2, 0.25) is 0 Å². The number of aliphatic hydroxyl groups is 1. The zero-order valence-corrected chi connectivity index (χ0v) is 18.8. The van der Waals surface area contributed by atoms with Crippen LogP contribution in [0.3, 0.4) is 0 Å². The van der Waals surface area contributed by atoms with Crippen molar-refractivity contribution >= 4 is 29.3 Å². The molecule has 31 heavy (non-hydrogen) atoms. The average Bonchev–Trinajstić information content (AvgIpc) is 3.31. The van der Waals surface area contributed by atoms with Crippen LogP contribution in [0.1, 0.15) is 29.4 Å². The van der Waals surface area contributed by atoms with Crippen molar-refractivity contribution in [1.82, 2.24) is 15.3 Å². The standard InChI is InChI=1S/C23H26ClN3O3S/c1-16(28)20(27-23(29)21-14-25-15-26-21)11-6-17-4-2-3-5-22(17)30-12-13-31-19-9-7-18(24)8-10-19/h2-5,7-10,14-16,20,28H,6,11-13H2,1H3,(H,25,26)(H,27,29)/t16-,20+/m0/s1. The van der Waals surface area contributed by atoms with E-state index in [2.05, 4.69) is 15.3 Å². The van der Waals surface area contributed by atoms with E-state index in [1.54, 1.807) is 18.7 Å². The first-order valence-electron chi connectivity index (χ1n) is 10.1. The third-order valence-electron chi connectivity index (χ3n) is 4.76. The normalized spacial score (nSPS) is 12.9. The van der Waals surface area contributed by atoms with Gasteiger partial charge in [0.05, 0.1) is 31.3 Å². The van der Waals surface area contributed by atoms with Crippen LogP contribution in [0.15, 0.2) is 66.0 Å². The Bertz CT molecular complexity index is 949. The first-order chi connectivity index (χ1) is 15.0. The fraction of sp³-hybridized carbons (Fsp3) is 0.304. The number of hydrogen-bond acceptors (Lipinski definition) is 5. The summed E-state index contributed by atoms with van der Waals surface area (Å²) in [6.07, 6.45) is 3.47. The highest BCUT2D eigenvalue weighted by molar-refractivity contribution is 7.99. The number of aliphatic hydroxyl groups excluding tert-OH is 1. The van der Waals surface area contributed by atoms with Crippen LogP contribution in [0.4, 0.5) is 0 Å². The molecule has 3 aromatic rings. The molecule has 0 aliphatic carbocycles. The Labute approximate surface area is 191 Å². The van der Waals surface area contributed by atoms with E-state index < -0.39 is 6.10 Å². The maximum Gasteiger partial charge on any atom is 0.269 e. The van der Waals surface area contributed by atoms with Crippen molar-refractivity contribution in [2.24, 2.45) is 0 Å². The Morgan fingerprint density at radius 2 is 2.03 bits per heavy atom. The lowest BCUT2D eigenvalue weighted by Crippen LogP contribution is -2.42. The van der Waals surface area contributed by atoms with Gasteiger partial charge < -0.3 is 20.1 Å². The lowest BCUT2D eigenvalue weighted by Gasteiger charge is -2.22. The summed E-state index contributed by atoms with van der Waals surface area (Å²) in [5.41, 5.74) is 1.41. The number of carbonyl (C=O) groups is 1. The number of para-hydroxylation sites is 1. The van der Waals surface area contributed by atoms with Gasteiger partial charge in [-0.05, 0) is 55.7 Å². The van der Waals surface area contributed by atoms with Gasteiger partial charge in [-0.15, -0.1) is 11.8 Å². The molecule has 0 saturated carbocycles. The predicted octanol–water partition coefficient (Wildman–Crippen LogP) is 4.35. The number of nitrogens with one attached hydrogen (secondary N) is 2. The summed E-state index contributed by atoms with van der Waals surface area (Å²) < 4.78 is 6.01. The molecule has 164 valence electrons. The number of ether oxygens (including phenoxy) is 1. The number of aryl methyl sites for hydroxylation is 1. The van der Waals surface area contributed by atoms with Gasteiger partial charge in [-0.3, -0.25) is 4.79 Å². The van der Waals surface area contributed by atoms with E-state index in [1.807, 2.05) is 48.5 Å². The van der Waals surface area contributed by atoms with Gasteiger partial charge in [0.25, 0.3) is 5.91 Å². The molecule has 2 atom stereocenters. The monoisotopic (exact) mass is 459 g/mol. The summed E-state index contributed by atoms with van der Waals surface area (Å²) in [7, 11) is 0. The van der Waals surface area contributed by atoms with Crippen LogP contribution in [-0.2, 0) is 6.42 Å². The van der Waals surface area contributed by atoms with Gasteiger partial charge in [-0.1, -0.05) is 29.8 Å². The Hall–Kier alpha value is -2.48. The van der Waals surface area contributed by atoms with Crippen LogP contribution in [0.25, 0.3) is 0 Å². The van der Waals surface area contributed by atoms with Gasteiger partial charge in [0.1, 0.15) is 11.4 Å². The molecular weight excluding hydrogens is 434 g/mol. The van der Waals surface area contributed by atoms with Gasteiger partial charge in [-0.25, -0.2) is 4.98 Å². The molecule has 0 fully saturated rings. The first kappa shape index (κ1) is 23.2. The van der Waals surface area contributed by atoms with Crippen molar-refractivity contribution in [1.29, 1.82) is 0 Å². The number of H-pyrrole nitrogens is 1. The van der Waals surface area contributed by atoms with E-state index in [0.29, 0.717) is 25.1 Å². The number of halogens is 1. The first-order valence-corrected chi connectivity index (χ1v) is 11.5. The number of aromatic amines is 1. The minimum Gasteiger partial charge on any atom is -0.492 e. The molecule has 3 N–H and O–H groups in total. The second kappa shape index (κ2) is 11.8. The van der Waals surface area contributed by atoms with Gasteiger partial charge in [0.15, 0.2) is 0 Å². The predicted molar refractivity (Wildman–Crippen MR) is 124 cm³/mol. The van der Waals surface area contributed by atoms with Crippen molar-refractivity contribution in [3.05, 3.63) is 77.3 Å². The number of nitrogens with zero attached hydrogens (tertiary/aromatic N) is 1. The second-order valence-electron chi connectivity index (χ2n) is 7.08. The summed E-state index contributed by atoms with van der Waals surface area (Å²) >= 11 is 7.63. The fourth-order valence-electron chi connectivity index (χ4n) is 3.06. The molecule has 0 radical (unpaired) electrons. The minimum absolute atomic E-state index is 0.285. The molecule has 3 rings (SSSR count). The number of benzene rings is 2. The summed E-state index contributed by atoms with van der Waals surface area (Å²) in [5, 5.41) is 13.7. The van der Waals surface area contributed by atoms with Crippen LogP contribution >= 0.6 is 23.4 Å². The van der Waals surface area contributed by atoms with Crippen molar-refractivity contribution in [2.45, 2.75) is 36.8 Å². The quantitative estimate of drug-likeness (QED) is 0.293. The smallest absolute Gasteiger partial charge is 0.269 e. The lowest BCUT2D eigenvalue weighted by molar-refractivity contribution is 0.0846. The van der Waals surface area contributed by atoms with Crippen molar-refractivity contribution < 1.29 is 14.6 Å². The van der Waals surface area contributed by atoms with Crippen LogP contribution in [-0.4, -0.2) is 45.5 Å². The number of aromatic nitrogens is 2. The highest BCUT2D eigenvalue weighted by atomic mass is 35.5. The summed E-state index contributed by atoms with van der Waals surface area (Å²) in [6, 6.07) is 15.2. The molecule has 1 amide bonds. The van der Waals surface area contributed by atoms with Crippen molar-refractivity contribution in [2.75, 3.05) is 12.4 Å². The molecule has 1 heterocycles. The number of amides is 1. The van der Waals surface area contributed by atoms with E-state index in [1.165, 1.54) is 12.5 Å². The van der Waals surface area contributed by atoms with Crippen LogP contribution in [0.5, 0.6) is 5.75 Å². The largest absolute Gasteiger partial charge is 0.492 e. The molecule has 0 spiro atoms. The van der Waals surface area contributed by atoms with Gasteiger partial charge >= 0.3 is 0 Å². The molecule has 0 aliphatic heterocycles. The van der Waals surface area contributed by atoms with Crippen LogP contribution in [0.2, 0.25) is 5.02 Å². The number of hydrogen-bond donors (Lipinski definition) is 3. The third kappa shape index (κ3) is 7.31. The molecule has 0 unspecified atom stereocenters. The second-order valence-corrected chi connectivity index (χ2v) is 8.69. The number of imidazole rings is 1. The average molecular weight is 460 g/mol. The SMILES string of the molecule is C[C@H](O)[C@@H](CCc1ccccc1OCCSc1ccc(Cl)cc1)NC(=O)c1cnc[nH]1. The number of rotatable bonds is 11.